The van der Waals surface area contributed by atoms with Gasteiger partial charge in [0.1, 0.15) is 5.75 Å². The Bertz CT molecular complexity index is 416. The van der Waals surface area contributed by atoms with Crippen LogP contribution in [0, 0.1) is 6.92 Å². The number of rotatable bonds is 3. The molecule has 0 radical (unpaired) electrons. The van der Waals surface area contributed by atoms with Crippen molar-refractivity contribution < 1.29 is 5.11 Å². The van der Waals surface area contributed by atoms with Crippen LogP contribution in [0.4, 0.5) is 0 Å². The van der Waals surface area contributed by atoms with E-state index in [0.29, 0.717) is 17.8 Å². The van der Waals surface area contributed by atoms with E-state index < -0.39 is 0 Å². The van der Waals surface area contributed by atoms with Gasteiger partial charge < -0.3 is 5.11 Å². The van der Waals surface area contributed by atoms with Crippen LogP contribution < -0.4 is 0 Å². The van der Waals surface area contributed by atoms with E-state index in [-0.39, 0.29) is 0 Å². The lowest BCUT2D eigenvalue weighted by atomic mass is 9.99. The summed E-state index contributed by atoms with van der Waals surface area (Å²) in [5.41, 5.74) is 2.31. The van der Waals surface area contributed by atoms with Crippen molar-refractivity contribution in [3.05, 3.63) is 29.3 Å². The van der Waals surface area contributed by atoms with Gasteiger partial charge in [0.05, 0.1) is 0 Å². The number of phenolic OH excluding ortho intramolecular Hbond substituents is 1. The second-order valence-electron chi connectivity index (χ2n) is 5.89. The summed E-state index contributed by atoms with van der Waals surface area (Å²) in [6, 6.07) is 6.92. The maximum absolute atomic E-state index is 10.1. The molecule has 1 N–H and O–H groups in total. The molecule has 0 aromatic heterocycles. The van der Waals surface area contributed by atoms with Gasteiger partial charge in [0.25, 0.3) is 0 Å². The molecule has 1 aromatic rings. The van der Waals surface area contributed by atoms with E-state index in [1.807, 2.05) is 12.1 Å². The first-order valence-corrected chi connectivity index (χ1v) is 7.68. The Morgan fingerprint density at radius 3 is 2.84 bits per heavy atom. The Balaban J connectivity index is 2.24. The first-order valence-electron chi connectivity index (χ1n) is 7.68. The van der Waals surface area contributed by atoms with Crippen LogP contribution in [0.25, 0.3) is 0 Å². The third-order valence-electron chi connectivity index (χ3n) is 4.52. The van der Waals surface area contributed by atoms with Crippen molar-refractivity contribution in [2.45, 2.75) is 65.0 Å². The van der Waals surface area contributed by atoms with Crippen LogP contribution in [-0.4, -0.2) is 22.6 Å². The SMILES string of the molecule is CCC1CCCCCN1C(C)c1cc(C)ccc1O. The summed E-state index contributed by atoms with van der Waals surface area (Å²) >= 11 is 0. The van der Waals surface area contributed by atoms with Crippen LogP contribution in [-0.2, 0) is 0 Å². The number of aryl methyl sites for hydroxylation is 1. The third-order valence-corrected chi connectivity index (χ3v) is 4.52. The molecule has 1 aliphatic rings. The fourth-order valence-corrected chi connectivity index (χ4v) is 3.34. The average molecular weight is 261 g/mol. The predicted molar refractivity (Wildman–Crippen MR) is 80.5 cm³/mol. The summed E-state index contributed by atoms with van der Waals surface area (Å²) in [4.78, 5) is 2.60. The molecule has 2 rings (SSSR count). The van der Waals surface area contributed by atoms with Crippen LogP contribution in [0.2, 0.25) is 0 Å². The monoisotopic (exact) mass is 261 g/mol. The second-order valence-corrected chi connectivity index (χ2v) is 5.89. The van der Waals surface area contributed by atoms with E-state index in [1.165, 1.54) is 37.7 Å². The van der Waals surface area contributed by atoms with Crippen molar-refractivity contribution in [2.24, 2.45) is 0 Å². The fraction of sp³-hybridized carbons (Fsp3) is 0.647. The minimum Gasteiger partial charge on any atom is -0.508 e. The van der Waals surface area contributed by atoms with Gasteiger partial charge in [-0.05, 0) is 45.7 Å². The number of hydrogen-bond donors (Lipinski definition) is 1. The fourth-order valence-electron chi connectivity index (χ4n) is 3.34. The summed E-state index contributed by atoms with van der Waals surface area (Å²) in [6.45, 7) is 7.77. The molecule has 2 atom stereocenters. The molecule has 0 bridgehead atoms. The number of hydrogen-bond acceptors (Lipinski definition) is 2. The van der Waals surface area contributed by atoms with Crippen molar-refractivity contribution in [1.29, 1.82) is 0 Å². The molecule has 106 valence electrons. The van der Waals surface area contributed by atoms with Gasteiger partial charge in [-0.1, -0.05) is 37.5 Å². The number of aromatic hydroxyl groups is 1. The summed E-state index contributed by atoms with van der Waals surface area (Å²) < 4.78 is 0. The lowest BCUT2D eigenvalue weighted by Crippen LogP contribution is -2.36. The van der Waals surface area contributed by atoms with Gasteiger partial charge in [-0.25, -0.2) is 0 Å². The molecule has 2 nitrogen and oxygen atoms in total. The number of likely N-dealkylation sites (tertiary alicyclic amines) is 1. The zero-order valence-electron chi connectivity index (χ0n) is 12.5. The van der Waals surface area contributed by atoms with E-state index in [0.717, 1.165) is 12.1 Å². The highest BCUT2D eigenvalue weighted by molar-refractivity contribution is 5.37. The molecule has 0 saturated carbocycles. The normalized spacial score (nSPS) is 23.0. The van der Waals surface area contributed by atoms with Gasteiger partial charge in [-0.15, -0.1) is 0 Å². The van der Waals surface area contributed by atoms with Crippen molar-refractivity contribution in [1.82, 2.24) is 4.90 Å². The number of phenols is 1. The second kappa shape index (κ2) is 6.42. The van der Waals surface area contributed by atoms with E-state index in [4.69, 9.17) is 0 Å². The summed E-state index contributed by atoms with van der Waals surface area (Å²) in [7, 11) is 0. The van der Waals surface area contributed by atoms with E-state index >= 15 is 0 Å². The Kier molecular flexibility index (Phi) is 4.87. The molecule has 0 spiro atoms. The third kappa shape index (κ3) is 3.30. The lowest BCUT2D eigenvalue weighted by Gasteiger charge is -2.35. The molecular formula is C17H27NO. The van der Waals surface area contributed by atoms with Gasteiger partial charge in [-0.3, -0.25) is 4.90 Å². The minimum absolute atomic E-state index is 0.308. The molecule has 0 aliphatic carbocycles. The summed E-state index contributed by atoms with van der Waals surface area (Å²) in [5, 5.41) is 10.1. The maximum Gasteiger partial charge on any atom is 0.120 e. The van der Waals surface area contributed by atoms with E-state index in [2.05, 4.69) is 31.7 Å². The minimum atomic E-state index is 0.308. The molecule has 19 heavy (non-hydrogen) atoms. The summed E-state index contributed by atoms with van der Waals surface area (Å²) in [6.07, 6.45) is 6.48. The van der Waals surface area contributed by atoms with Gasteiger partial charge in [0.2, 0.25) is 0 Å². The predicted octanol–water partition coefficient (Wildman–Crippen LogP) is 4.42. The van der Waals surface area contributed by atoms with E-state index in [9.17, 15) is 5.11 Å². The first-order chi connectivity index (χ1) is 9.13. The Morgan fingerprint density at radius 1 is 1.32 bits per heavy atom. The lowest BCUT2D eigenvalue weighted by molar-refractivity contribution is 0.140. The molecule has 0 amide bonds. The van der Waals surface area contributed by atoms with E-state index in [1.54, 1.807) is 0 Å². The molecule has 1 fully saturated rings. The van der Waals surface area contributed by atoms with Crippen LogP contribution in [0.15, 0.2) is 18.2 Å². The van der Waals surface area contributed by atoms with Gasteiger partial charge in [0, 0.05) is 17.6 Å². The van der Waals surface area contributed by atoms with Crippen molar-refractivity contribution >= 4 is 0 Å². The number of benzene rings is 1. The molecule has 1 saturated heterocycles. The molecule has 1 aliphatic heterocycles. The van der Waals surface area contributed by atoms with Gasteiger partial charge in [0.15, 0.2) is 0 Å². The standard InChI is InChI=1S/C17H27NO/c1-4-15-8-6-5-7-11-18(15)14(3)16-12-13(2)9-10-17(16)19/h9-10,12,14-15,19H,4-8,11H2,1-3H3. The Labute approximate surface area is 117 Å². The van der Waals surface area contributed by atoms with Crippen LogP contribution in [0.1, 0.15) is 63.1 Å². The maximum atomic E-state index is 10.1. The van der Waals surface area contributed by atoms with Crippen LogP contribution in [0.3, 0.4) is 0 Å². The van der Waals surface area contributed by atoms with Crippen molar-refractivity contribution in [2.75, 3.05) is 6.54 Å². The highest BCUT2D eigenvalue weighted by atomic mass is 16.3. The topological polar surface area (TPSA) is 23.5 Å². The summed E-state index contributed by atoms with van der Waals surface area (Å²) in [5.74, 6) is 0.442. The Hall–Kier alpha value is -1.02. The first kappa shape index (κ1) is 14.4. The van der Waals surface area contributed by atoms with Crippen LogP contribution >= 0.6 is 0 Å². The quantitative estimate of drug-likeness (QED) is 0.871. The molecule has 2 heteroatoms. The average Bonchev–Trinajstić information content (AvgIpc) is 2.65. The largest absolute Gasteiger partial charge is 0.508 e. The molecule has 2 unspecified atom stereocenters. The van der Waals surface area contributed by atoms with Gasteiger partial charge >= 0.3 is 0 Å². The van der Waals surface area contributed by atoms with Crippen molar-refractivity contribution in [3.63, 3.8) is 0 Å². The zero-order chi connectivity index (χ0) is 13.8. The highest BCUT2D eigenvalue weighted by Gasteiger charge is 2.26. The highest BCUT2D eigenvalue weighted by Crippen LogP contribution is 2.33. The smallest absolute Gasteiger partial charge is 0.120 e. The van der Waals surface area contributed by atoms with Gasteiger partial charge in [-0.2, -0.15) is 0 Å². The molecular weight excluding hydrogens is 234 g/mol. The number of nitrogens with zero attached hydrogens (tertiary/aromatic N) is 1. The van der Waals surface area contributed by atoms with Crippen molar-refractivity contribution in [3.8, 4) is 5.75 Å². The Morgan fingerprint density at radius 2 is 2.11 bits per heavy atom. The molecule has 1 aromatic carbocycles. The zero-order valence-corrected chi connectivity index (χ0v) is 12.5. The van der Waals surface area contributed by atoms with Crippen LogP contribution in [0.5, 0.6) is 5.75 Å². The molecule has 1 heterocycles.